The first-order chi connectivity index (χ1) is 13.3. The van der Waals surface area contributed by atoms with Gasteiger partial charge in [-0.15, -0.1) is 0 Å². The van der Waals surface area contributed by atoms with Gasteiger partial charge in [0.1, 0.15) is 0 Å². The molecule has 9 heteroatoms. The van der Waals surface area contributed by atoms with Crippen LogP contribution in [-0.4, -0.2) is 60.2 Å². The number of carbonyl (C=O) groups is 1. The Morgan fingerprint density at radius 1 is 1.36 bits per heavy atom. The first-order valence-corrected chi connectivity index (χ1v) is 10.8. The Kier molecular flexibility index (Phi) is 5.97. The summed E-state index contributed by atoms with van der Waals surface area (Å²) in [5.41, 5.74) is 5.86. The molecule has 0 aliphatic carbocycles. The summed E-state index contributed by atoms with van der Waals surface area (Å²) in [4.78, 5) is 17.8. The lowest BCUT2D eigenvalue weighted by Gasteiger charge is -2.29. The molecule has 0 saturated carbocycles. The Hall–Kier alpha value is -2.10. The summed E-state index contributed by atoms with van der Waals surface area (Å²) in [6, 6.07) is 3.57. The zero-order valence-electron chi connectivity index (χ0n) is 16.0. The molecule has 2 aromatic rings. The van der Waals surface area contributed by atoms with E-state index in [9.17, 15) is 17.6 Å². The van der Waals surface area contributed by atoms with Gasteiger partial charge in [-0.05, 0) is 25.8 Å². The summed E-state index contributed by atoms with van der Waals surface area (Å²) in [6.45, 7) is 4.53. The van der Waals surface area contributed by atoms with E-state index in [1.165, 1.54) is 16.6 Å². The van der Waals surface area contributed by atoms with Crippen molar-refractivity contribution in [3.05, 3.63) is 36.4 Å². The molecule has 0 unspecified atom stereocenters. The molecule has 152 valence electrons. The van der Waals surface area contributed by atoms with Crippen LogP contribution in [0.15, 0.2) is 35.5 Å². The molecule has 1 fully saturated rings. The number of nitrogens with two attached hydrogens (primary N) is 1. The Bertz CT molecular complexity index is 977. The van der Waals surface area contributed by atoms with Crippen molar-refractivity contribution in [1.29, 1.82) is 0 Å². The van der Waals surface area contributed by atoms with Gasteiger partial charge in [-0.25, -0.2) is 12.8 Å². The number of rotatable bonds is 4. The fourth-order valence-electron chi connectivity index (χ4n) is 3.61. The first-order valence-electron chi connectivity index (χ1n) is 9.35. The second kappa shape index (κ2) is 8.10. The molecular weight excluding hydrogens is 383 g/mol. The van der Waals surface area contributed by atoms with E-state index in [0.29, 0.717) is 24.8 Å². The molecule has 1 aromatic carbocycles. The Balaban J connectivity index is 1.96. The smallest absolute Gasteiger partial charge is 0.244 e. The van der Waals surface area contributed by atoms with Crippen molar-refractivity contribution in [2.45, 2.75) is 43.7 Å². The topological polar surface area (TPSA) is 96.6 Å². The van der Waals surface area contributed by atoms with E-state index >= 15 is 0 Å². The van der Waals surface area contributed by atoms with Gasteiger partial charge in [0.25, 0.3) is 0 Å². The van der Waals surface area contributed by atoms with Crippen LogP contribution in [0.3, 0.4) is 0 Å². The number of sulfonamides is 1. The Morgan fingerprint density at radius 2 is 2.11 bits per heavy atom. The molecule has 2 heterocycles. The van der Waals surface area contributed by atoms with E-state index in [1.807, 2.05) is 6.92 Å². The molecule has 2 N–H and O–H groups in total. The van der Waals surface area contributed by atoms with Crippen LogP contribution in [0.1, 0.15) is 26.7 Å². The van der Waals surface area contributed by atoms with E-state index in [0.717, 1.165) is 6.20 Å². The van der Waals surface area contributed by atoms with Gasteiger partial charge in [-0.3, -0.25) is 9.78 Å². The number of fused-ring (bicyclic) bond motifs is 1. The van der Waals surface area contributed by atoms with E-state index in [-0.39, 0.29) is 29.3 Å². The van der Waals surface area contributed by atoms with Crippen molar-refractivity contribution in [3.63, 3.8) is 0 Å². The molecule has 1 saturated heterocycles. The highest BCUT2D eigenvalue weighted by molar-refractivity contribution is 7.89. The summed E-state index contributed by atoms with van der Waals surface area (Å²) >= 11 is 0. The third-order valence-corrected chi connectivity index (χ3v) is 7.19. The number of nitrogens with zero attached hydrogens (tertiary/aromatic N) is 3. The summed E-state index contributed by atoms with van der Waals surface area (Å²) in [6.07, 6.45) is 3.46. The van der Waals surface area contributed by atoms with Gasteiger partial charge in [-0.1, -0.05) is 19.1 Å². The normalized spacial score (nSPS) is 20.1. The van der Waals surface area contributed by atoms with Crippen LogP contribution in [0.5, 0.6) is 0 Å². The number of carbonyl (C=O) groups excluding carboxylic acids is 1. The molecule has 1 aromatic heterocycles. The fraction of sp³-hybridized carbons (Fsp3) is 0.474. The molecule has 1 aliphatic rings. The van der Waals surface area contributed by atoms with Crippen LogP contribution in [0.25, 0.3) is 10.8 Å². The zero-order valence-corrected chi connectivity index (χ0v) is 16.8. The molecule has 2 atom stereocenters. The van der Waals surface area contributed by atoms with Gasteiger partial charge in [0.05, 0.1) is 17.1 Å². The van der Waals surface area contributed by atoms with Crippen molar-refractivity contribution in [1.82, 2.24) is 14.2 Å². The molecule has 0 spiro atoms. The van der Waals surface area contributed by atoms with Crippen molar-refractivity contribution in [2.24, 2.45) is 5.73 Å². The van der Waals surface area contributed by atoms with E-state index in [1.54, 1.807) is 24.0 Å². The second-order valence-electron chi connectivity index (χ2n) is 7.09. The van der Waals surface area contributed by atoms with Gasteiger partial charge in [0.15, 0.2) is 5.82 Å². The van der Waals surface area contributed by atoms with E-state index in [2.05, 4.69) is 4.98 Å². The number of halogens is 1. The zero-order chi connectivity index (χ0) is 20.5. The Labute approximate surface area is 164 Å². The van der Waals surface area contributed by atoms with Crippen LogP contribution in [0, 0.1) is 5.82 Å². The highest BCUT2D eigenvalue weighted by atomic mass is 32.2. The number of amides is 1. The maximum Gasteiger partial charge on any atom is 0.244 e. The molecule has 28 heavy (non-hydrogen) atoms. The number of benzene rings is 1. The monoisotopic (exact) mass is 408 g/mol. The van der Waals surface area contributed by atoms with Gasteiger partial charge in [0, 0.05) is 42.6 Å². The third kappa shape index (κ3) is 3.74. The molecule has 3 rings (SSSR count). The fourth-order valence-corrected chi connectivity index (χ4v) is 5.49. The van der Waals surface area contributed by atoms with Gasteiger partial charge >= 0.3 is 0 Å². The van der Waals surface area contributed by atoms with E-state index < -0.39 is 27.9 Å². The van der Waals surface area contributed by atoms with Crippen LogP contribution in [-0.2, 0) is 14.8 Å². The SMILES string of the molecule is CC[C@@H](N)C(=O)N1CCCN(S(=O)(=O)c2cccc3cncc(F)c23)[C@@H](C)C1. The highest BCUT2D eigenvalue weighted by Crippen LogP contribution is 2.29. The quantitative estimate of drug-likeness (QED) is 0.831. The minimum atomic E-state index is -3.96. The number of hydrogen-bond donors (Lipinski definition) is 1. The van der Waals surface area contributed by atoms with Crippen molar-refractivity contribution < 1.29 is 17.6 Å². The highest BCUT2D eigenvalue weighted by Gasteiger charge is 2.35. The molecule has 7 nitrogen and oxygen atoms in total. The maximum absolute atomic E-state index is 14.4. The lowest BCUT2D eigenvalue weighted by Crippen LogP contribution is -2.48. The third-order valence-electron chi connectivity index (χ3n) is 5.14. The average Bonchev–Trinajstić information content (AvgIpc) is 2.88. The molecular formula is C19H25FN4O3S. The molecule has 0 bridgehead atoms. The minimum absolute atomic E-state index is 0.0369. The Morgan fingerprint density at radius 3 is 2.82 bits per heavy atom. The molecule has 1 amide bonds. The number of pyridine rings is 1. The summed E-state index contributed by atoms with van der Waals surface area (Å²) in [7, 11) is -3.96. The van der Waals surface area contributed by atoms with Gasteiger partial charge in [0.2, 0.25) is 15.9 Å². The van der Waals surface area contributed by atoms with Gasteiger partial charge in [-0.2, -0.15) is 4.31 Å². The second-order valence-corrected chi connectivity index (χ2v) is 8.95. The van der Waals surface area contributed by atoms with E-state index in [4.69, 9.17) is 5.73 Å². The largest absolute Gasteiger partial charge is 0.340 e. The lowest BCUT2D eigenvalue weighted by atomic mass is 10.2. The van der Waals surface area contributed by atoms with Crippen molar-refractivity contribution in [2.75, 3.05) is 19.6 Å². The minimum Gasteiger partial charge on any atom is -0.340 e. The van der Waals surface area contributed by atoms with Crippen LogP contribution in [0.2, 0.25) is 0 Å². The van der Waals surface area contributed by atoms with Gasteiger partial charge < -0.3 is 10.6 Å². The first kappa shape index (κ1) is 20.6. The standard InChI is InChI=1S/C19H25FN4O3S/c1-3-16(21)19(25)23-8-5-9-24(13(2)12-23)28(26,27)17-7-4-6-14-10-22-11-15(20)18(14)17/h4,6-7,10-11,13,16H,3,5,8-9,12,21H2,1-2H3/t13-,16+/m0/s1. The molecule has 1 aliphatic heterocycles. The van der Waals surface area contributed by atoms with Crippen LogP contribution in [0.4, 0.5) is 4.39 Å². The van der Waals surface area contributed by atoms with Crippen molar-refractivity contribution in [3.8, 4) is 0 Å². The molecule has 0 radical (unpaired) electrons. The average molecular weight is 408 g/mol. The summed E-state index contributed by atoms with van der Waals surface area (Å²) in [5.74, 6) is -0.847. The number of aromatic nitrogens is 1. The van der Waals surface area contributed by atoms with Crippen LogP contribution >= 0.6 is 0 Å². The van der Waals surface area contributed by atoms with Crippen LogP contribution < -0.4 is 5.73 Å². The predicted molar refractivity (Wildman–Crippen MR) is 105 cm³/mol. The maximum atomic E-state index is 14.4. The summed E-state index contributed by atoms with van der Waals surface area (Å²) < 4.78 is 42.5. The summed E-state index contributed by atoms with van der Waals surface area (Å²) in [5, 5.41) is 0.462. The number of hydrogen-bond acceptors (Lipinski definition) is 5. The van der Waals surface area contributed by atoms with Crippen molar-refractivity contribution >= 4 is 26.7 Å². The lowest BCUT2D eigenvalue weighted by molar-refractivity contribution is -0.132. The predicted octanol–water partition coefficient (Wildman–Crippen LogP) is 1.72.